The van der Waals surface area contributed by atoms with Gasteiger partial charge in [0.2, 0.25) is 0 Å². The van der Waals surface area contributed by atoms with Gasteiger partial charge in [-0.1, -0.05) is 38.1 Å². The lowest BCUT2D eigenvalue weighted by molar-refractivity contribution is 0.0947. The van der Waals surface area contributed by atoms with Crippen molar-refractivity contribution in [3.8, 4) is 5.75 Å². The Balaban J connectivity index is 1.55. The molecular weight excluding hydrogens is 432 g/mol. The van der Waals surface area contributed by atoms with Crippen molar-refractivity contribution in [3.05, 3.63) is 77.2 Å². The van der Waals surface area contributed by atoms with Crippen LogP contribution in [-0.4, -0.2) is 34.5 Å². The molecule has 0 aliphatic carbocycles. The molecule has 0 atom stereocenters. The molecule has 8 heteroatoms. The summed E-state index contributed by atoms with van der Waals surface area (Å²) in [5.74, 6) is 0.938. The number of carbonyl (C=O) groups is 1. The normalized spacial score (nSPS) is 11.4. The van der Waals surface area contributed by atoms with Gasteiger partial charge in [0.25, 0.3) is 15.9 Å². The van der Waals surface area contributed by atoms with Crippen molar-refractivity contribution in [3.63, 3.8) is 0 Å². The van der Waals surface area contributed by atoms with Crippen LogP contribution in [0.2, 0.25) is 0 Å². The molecule has 0 spiro atoms. The molecule has 0 unspecified atom stereocenters. The number of nitrogens with zero attached hydrogens (tertiary/aromatic N) is 1. The smallest absolute Gasteiger partial charge is 0.273 e. The number of carbonyl (C=O) groups excluding carboxylic acids is 1. The molecule has 0 aliphatic rings. The van der Waals surface area contributed by atoms with Crippen LogP contribution < -0.4 is 14.4 Å². The van der Waals surface area contributed by atoms with Gasteiger partial charge in [0.1, 0.15) is 16.6 Å². The Morgan fingerprint density at radius 1 is 1.06 bits per heavy atom. The molecule has 0 bridgehead atoms. The molecule has 0 saturated heterocycles. The summed E-state index contributed by atoms with van der Waals surface area (Å²) >= 11 is 1.17. The van der Waals surface area contributed by atoms with E-state index in [9.17, 15) is 13.2 Å². The number of rotatable bonds is 9. The molecule has 0 aliphatic heterocycles. The topological polar surface area (TPSA) is 75.7 Å². The molecule has 1 heterocycles. The first-order valence-corrected chi connectivity index (χ1v) is 12.2. The molecule has 0 fully saturated rings. The molecule has 3 rings (SSSR count). The van der Waals surface area contributed by atoms with Gasteiger partial charge in [0.15, 0.2) is 0 Å². The van der Waals surface area contributed by atoms with E-state index < -0.39 is 10.0 Å². The van der Waals surface area contributed by atoms with Crippen LogP contribution in [0.15, 0.2) is 70.3 Å². The SMILES string of the molecule is CC(C)c1ccccc1OCCNC(=O)c1ccc(N(C)S(=O)(=O)c2cccs2)cc1. The van der Waals surface area contributed by atoms with Crippen LogP contribution in [0.5, 0.6) is 5.75 Å². The molecule has 0 saturated carbocycles. The van der Waals surface area contributed by atoms with Gasteiger partial charge >= 0.3 is 0 Å². The zero-order valence-corrected chi connectivity index (χ0v) is 19.4. The average Bonchev–Trinajstić information content (AvgIpc) is 3.32. The van der Waals surface area contributed by atoms with E-state index >= 15 is 0 Å². The maximum atomic E-state index is 12.6. The van der Waals surface area contributed by atoms with Gasteiger partial charge in [-0.3, -0.25) is 9.10 Å². The number of benzene rings is 2. The molecular formula is C23H26N2O4S2. The third kappa shape index (κ3) is 5.45. The Morgan fingerprint density at radius 2 is 1.77 bits per heavy atom. The van der Waals surface area contributed by atoms with E-state index in [4.69, 9.17) is 4.74 Å². The van der Waals surface area contributed by atoms with Crippen molar-refractivity contribution in [1.29, 1.82) is 0 Å². The molecule has 0 radical (unpaired) electrons. The number of hydrogen-bond acceptors (Lipinski definition) is 5. The van der Waals surface area contributed by atoms with E-state index in [0.29, 0.717) is 30.3 Å². The zero-order chi connectivity index (χ0) is 22.4. The minimum Gasteiger partial charge on any atom is -0.491 e. The maximum absolute atomic E-state index is 12.6. The Labute approximate surface area is 187 Å². The fourth-order valence-electron chi connectivity index (χ4n) is 3.02. The molecule has 1 amide bonds. The van der Waals surface area contributed by atoms with E-state index in [1.807, 2.05) is 24.3 Å². The predicted octanol–water partition coefficient (Wildman–Crippen LogP) is 4.51. The standard InChI is InChI=1S/C23H26N2O4S2/c1-17(2)20-7-4-5-8-21(20)29-15-14-24-23(26)18-10-12-19(13-11-18)25(3)31(27,28)22-9-6-16-30-22/h4-13,16-17H,14-15H2,1-3H3,(H,24,26). The van der Waals surface area contributed by atoms with Crippen molar-refractivity contribution in [1.82, 2.24) is 5.32 Å². The van der Waals surface area contributed by atoms with E-state index in [1.54, 1.807) is 41.8 Å². The first kappa shape index (κ1) is 22.8. The first-order chi connectivity index (χ1) is 14.8. The van der Waals surface area contributed by atoms with Crippen molar-refractivity contribution in [2.75, 3.05) is 24.5 Å². The molecule has 1 N–H and O–H groups in total. The second kappa shape index (κ2) is 9.98. The van der Waals surface area contributed by atoms with Gasteiger partial charge in [-0.25, -0.2) is 8.42 Å². The second-order valence-electron chi connectivity index (χ2n) is 7.25. The fraction of sp³-hybridized carbons (Fsp3) is 0.261. The van der Waals surface area contributed by atoms with E-state index in [2.05, 4.69) is 19.2 Å². The van der Waals surface area contributed by atoms with E-state index in [0.717, 1.165) is 11.3 Å². The van der Waals surface area contributed by atoms with Crippen LogP contribution in [0.1, 0.15) is 35.7 Å². The summed E-state index contributed by atoms with van der Waals surface area (Å²) in [7, 11) is -2.10. The average molecular weight is 459 g/mol. The van der Waals surface area contributed by atoms with Crippen molar-refractivity contribution >= 4 is 33.0 Å². The summed E-state index contributed by atoms with van der Waals surface area (Å²) in [6.45, 7) is 4.93. The summed E-state index contributed by atoms with van der Waals surface area (Å²) in [6.07, 6.45) is 0. The van der Waals surface area contributed by atoms with Crippen LogP contribution in [-0.2, 0) is 10.0 Å². The summed E-state index contributed by atoms with van der Waals surface area (Å²) < 4.78 is 32.5. The number of para-hydroxylation sites is 1. The van der Waals surface area contributed by atoms with Gasteiger partial charge in [0.05, 0.1) is 12.2 Å². The first-order valence-electron chi connectivity index (χ1n) is 9.93. The highest BCUT2D eigenvalue weighted by Gasteiger charge is 2.22. The van der Waals surface area contributed by atoms with E-state index in [-0.39, 0.29) is 10.1 Å². The highest BCUT2D eigenvalue weighted by Crippen LogP contribution is 2.26. The van der Waals surface area contributed by atoms with Crippen molar-refractivity contribution in [2.45, 2.75) is 24.0 Å². The number of thiophene rings is 1. The molecule has 164 valence electrons. The summed E-state index contributed by atoms with van der Waals surface area (Å²) in [6, 6.07) is 17.6. The monoisotopic (exact) mass is 458 g/mol. The van der Waals surface area contributed by atoms with E-state index in [1.165, 1.54) is 22.7 Å². The number of nitrogens with one attached hydrogen (secondary N) is 1. The Kier molecular flexibility index (Phi) is 7.35. The van der Waals surface area contributed by atoms with Gasteiger partial charge in [0, 0.05) is 12.6 Å². The van der Waals surface area contributed by atoms with Crippen LogP contribution in [0.3, 0.4) is 0 Å². The van der Waals surface area contributed by atoms with Crippen molar-refractivity contribution in [2.24, 2.45) is 0 Å². The number of anilines is 1. The number of hydrogen-bond donors (Lipinski definition) is 1. The van der Waals surface area contributed by atoms with Gasteiger partial charge in [-0.05, 0) is 53.3 Å². The lowest BCUT2D eigenvalue weighted by atomic mass is 10.0. The van der Waals surface area contributed by atoms with Gasteiger partial charge in [-0.15, -0.1) is 11.3 Å². The predicted molar refractivity (Wildman–Crippen MR) is 125 cm³/mol. The van der Waals surface area contributed by atoms with Crippen LogP contribution in [0.25, 0.3) is 0 Å². The lowest BCUT2D eigenvalue weighted by Crippen LogP contribution is -2.28. The van der Waals surface area contributed by atoms with Crippen LogP contribution in [0.4, 0.5) is 5.69 Å². The fourth-order valence-corrected chi connectivity index (χ4v) is 5.38. The van der Waals surface area contributed by atoms with Gasteiger partial charge in [-0.2, -0.15) is 0 Å². The minimum atomic E-state index is -3.60. The maximum Gasteiger partial charge on any atom is 0.273 e. The minimum absolute atomic E-state index is 0.240. The largest absolute Gasteiger partial charge is 0.491 e. The molecule has 31 heavy (non-hydrogen) atoms. The zero-order valence-electron chi connectivity index (χ0n) is 17.7. The molecule has 3 aromatic rings. The van der Waals surface area contributed by atoms with Gasteiger partial charge < -0.3 is 10.1 Å². The third-order valence-electron chi connectivity index (χ3n) is 4.79. The molecule has 1 aromatic heterocycles. The molecule has 6 nitrogen and oxygen atoms in total. The highest BCUT2D eigenvalue weighted by atomic mass is 32.2. The number of amides is 1. The third-order valence-corrected chi connectivity index (χ3v) is 7.95. The Bertz CT molecular complexity index is 1110. The summed E-state index contributed by atoms with van der Waals surface area (Å²) in [5, 5.41) is 4.55. The van der Waals surface area contributed by atoms with Crippen molar-refractivity contribution < 1.29 is 17.9 Å². The molecule has 2 aromatic carbocycles. The Hall–Kier alpha value is -2.84. The number of ether oxygens (including phenoxy) is 1. The quantitative estimate of drug-likeness (QED) is 0.479. The number of sulfonamides is 1. The Morgan fingerprint density at radius 3 is 2.42 bits per heavy atom. The highest BCUT2D eigenvalue weighted by molar-refractivity contribution is 7.94. The second-order valence-corrected chi connectivity index (χ2v) is 10.4. The summed E-state index contributed by atoms with van der Waals surface area (Å²) in [5.41, 5.74) is 2.07. The van der Waals surface area contributed by atoms with Crippen LogP contribution >= 0.6 is 11.3 Å². The summed E-state index contributed by atoms with van der Waals surface area (Å²) in [4.78, 5) is 12.4. The lowest BCUT2D eigenvalue weighted by Gasteiger charge is -2.18. The van der Waals surface area contributed by atoms with Crippen LogP contribution in [0, 0.1) is 0 Å².